The van der Waals surface area contributed by atoms with Gasteiger partial charge in [0.25, 0.3) is 5.91 Å². The van der Waals surface area contributed by atoms with Crippen molar-refractivity contribution in [2.75, 3.05) is 16.5 Å². The van der Waals surface area contributed by atoms with Crippen LogP contribution in [0.2, 0.25) is 5.02 Å². The van der Waals surface area contributed by atoms with Crippen LogP contribution < -0.4 is 9.91 Å². The van der Waals surface area contributed by atoms with E-state index in [9.17, 15) is 14.4 Å². The molecular formula is C21H18ClN3O4. The summed E-state index contributed by atoms with van der Waals surface area (Å²) in [4.78, 5) is 40.3. The van der Waals surface area contributed by atoms with Crippen molar-refractivity contribution in [1.82, 2.24) is 0 Å². The molecule has 0 aliphatic carbocycles. The van der Waals surface area contributed by atoms with Crippen molar-refractivity contribution < 1.29 is 19.1 Å². The summed E-state index contributed by atoms with van der Waals surface area (Å²) >= 11 is 6.20. The molecule has 0 aromatic heterocycles. The highest BCUT2D eigenvalue weighted by molar-refractivity contribution is 6.47. The lowest BCUT2D eigenvalue weighted by molar-refractivity contribution is -0.136. The second-order valence-electron chi connectivity index (χ2n) is 6.70. The van der Waals surface area contributed by atoms with E-state index in [4.69, 9.17) is 16.3 Å². The average Bonchev–Trinajstić information content (AvgIpc) is 3.23. The van der Waals surface area contributed by atoms with E-state index in [1.54, 1.807) is 56.3 Å². The fourth-order valence-electron chi connectivity index (χ4n) is 3.66. The molecule has 8 heteroatoms. The number of hydrogen-bond acceptors (Lipinski definition) is 6. The van der Waals surface area contributed by atoms with E-state index in [1.807, 2.05) is 6.07 Å². The molecule has 0 N–H and O–H groups in total. The minimum absolute atomic E-state index is 0.0683. The van der Waals surface area contributed by atoms with Crippen molar-refractivity contribution in [1.29, 1.82) is 0 Å². The van der Waals surface area contributed by atoms with Gasteiger partial charge in [-0.25, -0.2) is 9.69 Å². The molecule has 2 heterocycles. The Kier molecular flexibility index (Phi) is 4.84. The van der Waals surface area contributed by atoms with Crippen molar-refractivity contribution in [3.63, 3.8) is 0 Å². The number of carbonyl (C=O) groups is 3. The van der Waals surface area contributed by atoms with Crippen LogP contribution in [0.4, 0.5) is 11.4 Å². The van der Waals surface area contributed by atoms with Crippen LogP contribution in [0.25, 0.3) is 0 Å². The van der Waals surface area contributed by atoms with Crippen LogP contribution in [0.5, 0.6) is 0 Å². The summed E-state index contributed by atoms with van der Waals surface area (Å²) in [6, 6.07) is 13.0. The quantitative estimate of drug-likeness (QED) is 0.571. The number of anilines is 2. The van der Waals surface area contributed by atoms with E-state index in [-0.39, 0.29) is 12.3 Å². The fourth-order valence-corrected chi connectivity index (χ4v) is 3.83. The highest BCUT2D eigenvalue weighted by atomic mass is 35.5. The summed E-state index contributed by atoms with van der Waals surface area (Å²) in [5.41, 5.74) is 1.55. The lowest BCUT2D eigenvalue weighted by Gasteiger charge is -2.23. The molecular weight excluding hydrogens is 394 g/mol. The highest BCUT2D eigenvalue weighted by Crippen LogP contribution is 2.39. The standard InChI is InChI=1S/C21H18ClN3O4/c1-3-29-21(28)17-16-18(25(23-17)13-8-5-4-6-9-13)20(27)24(19(16)26)15-11-7-10-14(22)12(15)2/h4-11,16,18H,3H2,1-2H3/t16-,18-/m1/s1. The van der Waals surface area contributed by atoms with Gasteiger partial charge in [-0.2, -0.15) is 5.10 Å². The Morgan fingerprint density at radius 1 is 1.10 bits per heavy atom. The number of nitrogens with zero attached hydrogens (tertiary/aromatic N) is 3. The predicted molar refractivity (Wildman–Crippen MR) is 109 cm³/mol. The number of amides is 2. The maximum absolute atomic E-state index is 13.4. The molecule has 0 unspecified atom stereocenters. The van der Waals surface area contributed by atoms with Gasteiger partial charge in [-0.1, -0.05) is 35.9 Å². The molecule has 2 atom stereocenters. The molecule has 2 amide bonds. The SMILES string of the molecule is CCOC(=O)C1=NN(c2ccccc2)[C@H]2C(=O)N(c3cccc(Cl)c3C)C(=O)[C@H]12. The molecule has 29 heavy (non-hydrogen) atoms. The van der Waals surface area contributed by atoms with Crippen molar-refractivity contribution in [3.8, 4) is 0 Å². The van der Waals surface area contributed by atoms with Crippen LogP contribution in [-0.2, 0) is 19.1 Å². The Bertz CT molecular complexity index is 1040. The highest BCUT2D eigenvalue weighted by Gasteiger charge is 2.59. The smallest absolute Gasteiger partial charge is 0.355 e. The first-order valence-electron chi connectivity index (χ1n) is 9.18. The van der Waals surface area contributed by atoms with Crippen molar-refractivity contribution >= 4 is 46.5 Å². The monoisotopic (exact) mass is 411 g/mol. The van der Waals surface area contributed by atoms with Crippen LogP contribution in [0.15, 0.2) is 53.6 Å². The van der Waals surface area contributed by atoms with Crippen LogP contribution in [0, 0.1) is 12.8 Å². The molecule has 0 bridgehead atoms. The fraction of sp³-hybridized carbons (Fsp3) is 0.238. The van der Waals surface area contributed by atoms with E-state index in [0.717, 1.165) is 4.90 Å². The number of fused-ring (bicyclic) bond motifs is 1. The van der Waals surface area contributed by atoms with Crippen LogP contribution in [-0.4, -0.2) is 36.1 Å². The predicted octanol–water partition coefficient (Wildman–Crippen LogP) is 2.95. The van der Waals surface area contributed by atoms with Crippen molar-refractivity contribution in [2.45, 2.75) is 19.9 Å². The summed E-state index contributed by atoms with van der Waals surface area (Å²) in [6.45, 7) is 3.55. The summed E-state index contributed by atoms with van der Waals surface area (Å²) in [7, 11) is 0. The first kappa shape index (κ1) is 19.1. The normalized spacial score (nSPS) is 20.7. The number of carbonyl (C=O) groups excluding carboxylic acids is 3. The molecule has 2 aromatic rings. The van der Waals surface area contributed by atoms with Gasteiger partial charge in [-0.15, -0.1) is 0 Å². The number of hydrogen-bond donors (Lipinski definition) is 0. The van der Waals surface area contributed by atoms with Crippen LogP contribution >= 0.6 is 11.6 Å². The maximum atomic E-state index is 13.4. The number of para-hydroxylation sites is 1. The molecule has 2 aromatic carbocycles. The Morgan fingerprint density at radius 3 is 2.52 bits per heavy atom. The summed E-state index contributed by atoms with van der Waals surface area (Å²) in [5.74, 6) is -2.72. The Hall–Kier alpha value is -3.19. The molecule has 2 aliphatic rings. The third-order valence-corrected chi connectivity index (χ3v) is 5.44. The molecule has 148 valence electrons. The van der Waals surface area contributed by atoms with Gasteiger partial charge in [-0.05, 0) is 43.7 Å². The minimum atomic E-state index is -1.04. The zero-order valence-corrected chi connectivity index (χ0v) is 16.6. The first-order valence-corrected chi connectivity index (χ1v) is 9.56. The number of ether oxygens (including phenoxy) is 1. The van der Waals surface area contributed by atoms with Gasteiger partial charge in [0.1, 0.15) is 12.0 Å². The van der Waals surface area contributed by atoms with Gasteiger partial charge in [0.05, 0.1) is 18.0 Å². The van der Waals surface area contributed by atoms with Crippen LogP contribution in [0.3, 0.4) is 0 Å². The summed E-state index contributed by atoms with van der Waals surface area (Å²) in [6.07, 6.45) is 0. The molecule has 2 aliphatic heterocycles. The molecule has 1 fully saturated rings. The van der Waals surface area contributed by atoms with E-state index < -0.39 is 29.7 Å². The van der Waals surface area contributed by atoms with E-state index in [1.165, 1.54) is 5.01 Å². The molecule has 7 nitrogen and oxygen atoms in total. The van der Waals surface area contributed by atoms with Gasteiger partial charge >= 0.3 is 5.97 Å². The second kappa shape index (κ2) is 7.33. The average molecular weight is 412 g/mol. The number of hydrazone groups is 1. The third kappa shape index (κ3) is 2.98. The number of benzene rings is 2. The first-order chi connectivity index (χ1) is 14.0. The van der Waals surface area contributed by atoms with E-state index in [0.29, 0.717) is 22.0 Å². The Morgan fingerprint density at radius 2 is 1.83 bits per heavy atom. The third-order valence-electron chi connectivity index (χ3n) is 5.03. The van der Waals surface area contributed by atoms with E-state index >= 15 is 0 Å². The van der Waals surface area contributed by atoms with Crippen molar-refractivity contribution in [2.24, 2.45) is 11.0 Å². The topological polar surface area (TPSA) is 79.3 Å². The number of rotatable bonds is 4. The van der Waals surface area contributed by atoms with Crippen molar-refractivity contribution in [3.05, 3.63) is 59.1 Å². The second-order valence-corrected chi connectivity index (χ2v) is 7.11. The minimum Gasteiger partial charge on any atom is -0.461 e. The molecule has 4 rings (SSSR count). The van der Waals surface area contributed by atoms with E-state index in [2.05, 4.69) is 5.10 Å². The lowest BCUT2D eigenvalue weighted by Crippen LogP contribution is -2.39. The zero-order chi connectivity index (χ0) is 20.7. The number of halogens is 1. The van der Waals surface area contributed by atoms with Gasteiger partial charge < -0.3 is 4.74 Å². The largest absolute Gasteiger partial charge is 0.461 e. The van der Waals surface area contributed by atoms with Gasteiger partial charge in [0.15, 0.2) is 5.71 Å². The maximum Gasteiger partial charge on any atom is 0.355 e. The molecule has 0 spiro atoms. The lowest BCUT2D eigenvalue weighted by atomic mass is 9.98. The van der Waals surface area contributed by atoms with Gasteiger partial charge in [-0.3, -0.25) is 14.6 Å². The molecule has 0 radical (unpaired) electrons. The Balaban J connectivity index is 1.82. The number of esters is 1. The van der Waals surface area contributed by atoms with Gasteiger partial charge in [0, 0.05) is 5.02 Å². The van der Waals surface area contributed by atoms with Crippen LogP contribution in [0.1, 0.15) is 12.5 Å². The molecule has 1 saturated heterocycles. The number of imide groups is 1. The summed E-state index contributed by atoms with van der Waals surface area (Å²) < 4.78 is 5.09. The zero-order valence-electron chi connectivity index (χ0n) is 15.8. The van der Waals surface area contributed by atoms with Gasteiger partial charge in [0.2, 0.25) is 5.91 Å². The molecule has 0 saturated carbocycles. The summed E-state index contributed by atoms with van der Waals surface area (Å²) in [5, 5.41) is 6.18. The Labute approximate surface area is 172 Å².